The Labute approximate surface area is 296 Å². The molecule has 0 spiro atoms. The Bertz CT molecular complexity index is 1900. The van der Waals surface area contributed by atoms with Gasteiger partial charge in [0.1, 0.15) is 23.8 Å². The molecule has 6 nitrogen and oxygen atoms in total. The Balaban J connectivity index is 1.51. The predicted octanol–water partition coefficient (Wildman–Crippen LogP) is 8.25. The molecule has 0 aliphatic rings. The van der Waals surface area contributed by atoms with Crippen LogP contribution in [-0.2, 0) is 22.6 Å². The number of aliphatic hydroxyl groups is 1. The van der Waals surface area contributed by atoms with Crippen LogP contribution >= 0.6 is 11.8 Å². The van der Waals surface area contributed by atoms with Gasteiger partial charge in [0.25, 0.3) is 5.91 Å². The Morgan fingerprint density at radius 3 is 2.10 bits per heavy atom. The molecule has 5 aromatic carbocycles. The monoisotopic (exact) mass is 694 g/mol. The lowest BCUT2D eigenvalue weighted by Crippen LogP contribution is -2.42. The lowest BCUT2D eigenvalue weighted by molar-refractivity contribution is -0.142. The first kappa shape index (κ1) is 36.3. The van der Waals surface area contributed by atoms with Crippen molar-refractivity contribution >= 4 is 29.3 Å². The van der Waals surface area contributed by atoms with E-state index in [1.165, 1.54) is 19.2 Å². The molecule has 0 aliphatic heterocycles. The number of benzene rings is 5. The highest BCUT2D eigenvalue weighted by Gasteiger charge is 2.24. The van der Waals surface area contributed by atoms with Crippen molar-refractivity contribution in [2.24, 2.45) is 0 Å². The molecule has 1 amide bonds. The number of aryl methyl sites for hydroxylation is 1. The van der Waals surface area contributed by atoms with Gasteiger partial charge in [0, 0.05) is 30.4 Å². The fourth-order valence-electron chi connectivity index (χ4n) is 5.93. The Morgan fingerprint density at radius 2 is 1.44 bits per heavy atom. The summed E-state index contributed by atoms with van der Waals surface area (Å²) in [5, 5.41) is 13.8. The van der Waals surface area contributed by atoms with Gasteiger partial charge in [0.2, 0.25) is 0 Å². The number of ether oxygens (including phenoxy) is 1. The van der Waals surface area contributed by atoms with E-state index in [1.54, 1.807) is 17.8 Å². The van der Waals surface area contributed by atoms with Gasteiger partial charge in [-0.15, -0.1) is 0 Å². The molecule has 0 radical (unpaired) electrons. The first-order valence-electron chi connectivity index (χ1n) is 16.3. The van der Waals surface area contributed by atoms with Crippen molar-refractivity contribution in [3.63, 3.8) is 0 Å². The minimum Gasteiger partial charge on any atom is -0.467 e. The summed E-state index contributed by atoms with van der Waals surface area (Å²) < 4.78 is 33.5. The van der Waals surface area contributed by atoms with Crippen LogP contribution < -0.4 is 10.2 Å². The second kappa shape index (κ2) is 17.1. The maximum atomic E-state index is 14.3. The van der Waals surface area contributed by atoms with Crippen LogP contribution in [0.4, 0.5) is 14.5 Å². The molecule has 5 rings (SSSR count). The van der Waals surface area contributed by atoms with Crippen molar-refractivity contribution in [2.75, 3.05) is 24.0 Å². The third-order valence-electron chi connectivity index (χ3n) is 8.52. The lowest BCUT2D eigenvalue weighted by atomic mass is 9.93. The van der Waals surface area contributed by atoms with Crippen LogP contribution in [0.1, 0.15) is 50.7 Å². The van der Waals surface area contributed by atoms with Crippen LogP contribution in [-0.4, -0.2) is 42.1 Å². The Morgan fingerprint density at radius 1 is 0.800 bits per heavy atom. The van der Waals surface area contributed by atoms with Crippen molar-refractivity contribution in [1.82, 2.24) is 5.32 Å². The summed E-state index contributed by atoms with van der Waals surface area (Å²) in [6.07, 6.45) is 1.54. The number of nitrogens with one attached hydrogen (secondary N) is 1. The third kappa shape index (κ3) is 9.16. The van der Waals surface area contributed by atoms with Crippen molar-refractivity contribution in [3.8, 4) is 11.1 Å². The zero-order chi connectivity index (χ0) is 35.6. The maximum absolute atomic E-state index is 14.3. The molecule has 2 unspecified atom stereocenters. The minimum atomic E-state index is -0.814. The van der Waals surface area contributed by atoms with E-state index < -0.39 is 35.7 Å². The number of carbonyl (C=O) groups is 2. The Kier molecular flexibility index (Phi) is 12.4. The van der Waals surface area contributed by atoms with E-state index in [0.717, 1.165) is 34.0 Å². The number of amides is 1. The van der Waals surface area contributed by atoms with Crippen molar-refractivity contribution < 1.29 is 28.2 Å². The van der Waals surface area contributed by atoms with Gasteiger partial charge in [-0.2, -0.15) is 11.8 Å². The van der Waals surface area contributed by atoms with Crippen molar-refractivity contribution in [1.29, 1.82) is 0 Å². The smallest absolute Gasteiger partial charge is 0.328 e. The van der Waals surface area contributed by atoms with Crippen LogP contribution in [0, 0.1) is 18.6 Å². The number of anilines is 1. The third-order valence-corrected chi connectivity index (χ3v) is 9.17. The highest BCUT2D eigenvalue weighted by molar-refractivity contribution is 7.98. The minimum absolute atomic E-state index is 0.188. The maximum Gasteiger partial charge on any atom is 0.328 e. The second-order valence-electron chi connectivity index (χ2n) is 12.1. The topological polar surface area (TPSA) is 78.9 Å². The second-order valence-corrected chi connectivity index (χ2v) is 13.0. The van der Waals surface area contributed by atoms with E-state index in [1.807, 2.05) is 109 Å². The summed E-state index contributed by atoms with van der Waals surface area (Å²) in [6.45, 7) is 2.49. The van der Waals surface area contributed by atoms with Crippen LogP contribution in [0.3, 0.4) is 0 Å². The fourth-order valence-corrected chi connectivity index (χ4v) is 6.40. The van der Waals surface area contributed by atoms with E-state index in [4.69, 9.17) is 4.74 Å². The number of thioether (sulfide) groups is 1. The molecule has 2 N–H and O–H groups in total. The van der Waals surface area contributed by atoms with Gasteiger partial charge >= 0.3 is 5.97 Å². The van der Waals surface area contributed by atoms with Crippen LogP contribution in [0.2, 0.25) is 0 Å². The summed E-state index contributed by atoms with van der Waals surface area (Å²) in [6, 6.07) is 32.7. The average Bonchev–Trinajstić information content (AvgIpc) is 3.12. The molecule has 0 heterocycles. The molecular weight excluding hydrogens is 655 g/mol. The Hall–Kier alpha value is -4.99. The zero-order valence-electron chi connectivity index (χ0n) is 28.2. The molecule has 0 bridgehead atoms. The highest BCUT2D eigenvalue weighted by Crippen LogP contribution is 2.31. The largest absolute Gasteiger partial charge is 0.467 e. The van der Waals surface area contributed by atoms with Crippen LogP contribution in [0.15, 0.2) is 115 Å². The number of rotatable bonds is 14. The number of nitrogens with zero attached hydrogens (tertiary/aromatic N) is 1. The zero-order valence-corrected chi connectivity index (χ0v) is 29.1. The number of methoxy groups -OCH3 is 1. The summed E-state index contributed by atoms with van der Waals surface area (Å²) in [7, 11) is 1.30. The van der Waals surface area contributed by atoms with E-state index in [2.05, 4.69) is 5.32 Å². The van der Waals surface area contributed by atoms with Crippen LogP contribution in [0.5, 0.6) is 0 Å². The highest BCUT2D eigenvalue weighted by atomic mass is 32.2. The number of hydrogen-bond acceptors (Lipinski definition) is 6. The molecule has 0 aliphatic carbocycles. The number of halogens is 2. The molecule has 0 saturated heterocycles. The predicted molar refractivity (Wildman–Crippen MR) is 196 cm³/mol. The van der Waals surface area contributed by atoms with Crippen molar-refractivity contribution in [3.05, 3.63) is 160 Å². The number of hydrogen-bond donors (Lipinski definition) is 2. The van der Waals surface area contributed by atoms with Gasteiger partial charge < -0.3 is 20.1 Å². The number of esters is 1. The van der Waals surface area contributed by atoms with Gasteiger partial charge in [0.05, 0.1) is 7.11 Å². The molecule has 0 aromatic heterocycles. The van der Waals surface area contributed by atoms with E-state index in [0.29, 0.717) is 41.0 Å². The first-order chi connectivity index (χ1) is 24.2. The van der Waals surface area contributed by atoms with E-state index >= 15 is 0 Å². The first-order valence-corrected chi connectivity index (χ1v) is 17.7. The molecule has 0 fully saturated rings. The van der Waals surface area contributed by atoms with E-state index in [-0.39, 0.29) is 6.54 Å². The van der Waals surface area contributed by atoms with Gasteiger partial charge in [-0.3, -0.25) is 4.79 Å². The summed E-state index contributed by atoms with van der Waals surface area (Å²) >= 11 is 1.57. The van der Waals surface area contributed by atoms with Gasteiger partial charge in [-0.25, -0.2) is 13.6 Å². The quantitative estimate of drug-likeness (QED) is 0.114. The fraction of sp³-hybridized carbons (Fsp3) is 0.220. The van der Waals surface area contributed by atoms with Gasteiger partial charge in [0.15, 0.2) is 0 Å². The number of aliphatic hydroxyl groups excluding tert-OH is 1. The van der Waals surface area contributed by atoms with Gasteiger partial charge in [-0.05, 0) is 101 Å². The summed E-state index contributed by atoms with van der Waals surface area (Å²) in [4.78, 5) is 28.3. The SMILES string of the molecule is COC(=O)C(CCSC)NC(=O)c1ccc(CN(Cc2cc(F)cc(F)c2)c2ccc(C(O)c3ccccc3)cc2)cc1-c1ccccc1C. The molecule has 5 aromatic rings. The number of carbonyl (C=O) groups excluding carboxylic acids is 2. The van der Waals surface area contributed by atoms with Gasteiger partial charge in [-0.1, -0.05) is 72.8 Å². The molecule has 258 valence electrons. The van der Waals surface area contributed by atoms with E-state index in [9.17, 15) is 23.5 Å². The molecule has 0 saturated carbocycles. The van der Waals surface area contributed by atoms with Crippen LogP contribution in [0.25, 0.3) is 11.1 Å². The molecular formula is C41H40F2N2O4S. The summed E-state index contributed by atoms with van der Waals surface area (Å²) in [5.41, 5.74) is 6.44. The summed E-state index contributed by atoms with van der Waals surface area (Å²) in [5.74, 6) is -1.57. The molecule has 9 heteroatoms. The normalized spacial score (nSPS) is 12.2. The molecule has 50 heavy (non-hydrogen) atoms. The molecule has 2 atom stereocenters. The van der Waals surface area contributed by atoms with Crippen molar-refractivity contribution in [2.45, 2.75) is 38.6 Å². The standard InChI is InChI=1S/C41H40F2N2O4S/c1-27-9-7-8-12-35(27)37-23-28(13-18-36(37)40(47)44-38(19-20-50-3)41(48)49-2)25-45(26-29-21-32(42)24-33(43)22-29)34-16-14-31(15-17-34)39(46)30-10-5-4-6-11-30/h4-18,21-24,38-39,46H,19-20,25-26H2,1-3H3,(H,44,47). The average molecular weight is 695 g/mol. The lowest BCUT2D eigenvalue weighted by Gasteiger charge is -2.27.